The van der Waals surface area contributed by atoms with Crippen LogP contribution in [0.4, 0.5) is 0 Å². The maximum atomic E-state index is 14.0. The number of hydrogen-bond donors (Lipinski definition) is 0. The molecule has 0 bridgehead atoms. The second kappa shape index (κ2) is 12.1. The van der Waals surface area contributed by atoms with Crippen LogP contribution in [0.2, 0.25) is 5.02 Å². The van der Waals surface area contributed by atoms with E-state index in [9.17, 15) is 9.59 Å². The van der Waals surface area contributed by atoms with E-state index < -0.39 is 12.0 Å². The molecule has 0 aliphatic carbocycles. The number of methoxy groups -OCH3 is 1. The lowest BCUT2D eigenvalue weighted by molar-refractivity contribution is -0.136. The number of thioether (sulfide) groups is 1. The first-order chi connectivity index (χ1) is 20.5. The van der Waals surface area contributed by atoms with Crippen molar-refractivity contribution in [1.82, 2.24) is 4.57 Å². The third kappa shape index (κ3) is 5.24. The lowest BCUT2D eigenvalue weighted by Crippen LogP contribution is -2.40. The van der Waals surface area contributed by atoms with E-state index in [0.717, 1.165) is 43.1 Å². The van der Waals surface area contributed by atoms with Crippen molar-refractivity contribution in [2.24, 2.45) is 4.99 Å². The first kappa shape index (κ1) is 28.2. The van der Waals surface area contributed by atoms with Crippen molar-refractivity contribution in [2.75, 3.05) is 7.11 Å². The van der Waals surface area contributed by atoms with Gasteiger partial charge in [-0.2, -0.15) is 0 Å². The summed E-state index contributed by atoms with van der Waals surface area (Å²) in [5.74, 6) is 0.276. The highest BCUT2D eigenvalue weighted by molar-refractivity contribution is 7.98. The van der Waals surface area contributed by atoms with E-state index in [4.69, 9.17) is 21.3 Å². The Morgan fingerprint density at radius 3 is 2.45 bits per heavy atom. The smallest absolute Gasteiger partial charge is 0.338 e. The number of carbonyl (C=O) groups excluding carboxylic acids is 1. The molecule has 0 saturated carbocycles. The van der Waals surface area contributed by atoms with Gasteiger partial charge in [-0.3, -0.25) is 9.36 Å². The average molecular weight is 611 g/mol. The van der Waals surface area contributed by atoms with E-state index in [1.54, 1.807) is 16.3 Å². The lowest BCUT2D eigenvalue weighted by Gasteiger charge is -2.25. The second-order valence-corrected chi connectivity index (χ2v) is 12.2. The van der Waals surface area contributed by atoms with Gasteiger partial charge in [0, 0.05) is 15.7 Å². The molecular formula is C34H27ClN2O3S2. The molecule has 0 radical (unpaired) electrons. The highest BCUT2D eigenvalue weighted by Gasteiger charge is 2.33. The number of benzene rings is 4. The van der Waals surface area contributed by atoms with Gasteiger partial charge in [0.25, 0.3) is 5.56 Å². The van der Waals surface area contributed by atoms with E-state index in [-0.39, 0.29) is 5.56 Å². The number of fused-ring (bicyclic) bond motifs is 2. The highest BCUT2D eigenvalue weighted by atomic mass is 35.5. The number of halogens is 1. The molecule has 0 amide bonds. The Balaban J connectivity index is 1.47. The van der Waals surface area contributed by atoms with Gasteiger partial charge in [-0.15, -0.1) is 11.8 Å². The monoisotopic (exact) mass is 610 g/mol. The molecular weight excluding hydrogens is 584 g/mol. The molecule has 0 unspecified atom stereocenters. The Morgan fingerprint density at radius 2 is 1.71 bits per heavy atom. The van der Waals surface area contributed by atoms with E-state index in [1.807, 2.05) is 79.7 Å². The maximum absolute atomic E-state index is 14.0. The minimum absolute atomic E-state index is 0.189. The minimum atomic E-state index is -0.618. The van der Waals surface area contributed by atoms with Crippen molar-refractivity contribution in [2.45, 2.75) is 30.0 Å². The zero-order valence-electron chi connectivity index (χ0n) is 23.0. The van der Waals surface area contributed by atoms with Gasteiger partial charge in [0.05, 0.1) is 29.0 Å². The Labute approximate surface area is 256 Å². The van der Waals surface area contributed by atoms with Crippen molar-refractivity contribution < 1.29 is 9.53 Å². The van der Waals surface area contributed by atoms with E-state index in [1.165, 1.54) is 18.4 Å². The molecule has 42 heavy (non-hydrogen) atoms. The molecule has 5 nitrogen and oxygen atoms in total. The van der Waals surface area contributed by atoms with Crippen LogP contribution in [-0.2, 0) is 15.3 Å². The van der Waals surface area contributed by atoms with Crippen molar-refractivity contribution in [3.63, 3.8) is 0 Å². The number of ether oxygens (including phenoxy) is 1. The standard InChI is InChI=1S/C34H27ClN2O3S2/c1-3-27-30(33(39)40-2)31(21-11-5-4-6-12-21)37-32(38)29(42-34(37)36-27)19-22-17-18-28(25-15-9-8-14-24(22)25)41-20-23-13-7-10-16-26(23)35/h4-19,31H,3,20H2,1-2H3/b29-19-/t31-/m0/s1. The van der Waals surface area contributed by atoms with Crippen LogP contribution in [-0.4, -0.2) is 17.6 Å². The van der Waals surface area contributed by atoms with Crippen LogP contribution < -0.4 is 14.9 Å². The minimum Gasteiger partial charge on any atom is -0.466 e. The molecule has 8 heteroatoms. The first-order valence-electron chi connectivity index (χ1n) is 13.6. The molecule has 1 aromatic heterocycles. The molecule has 210 valence electrons. The summed E-state index contributed by atoms with van der Waals surface area (Å²) in [4.78, 5) is 33.5. The lowest BCUT2D eigenvalue weighted by atomic mass is 9.95. The van der Waals surface area contributed by atoms with Gasteiger partial charge in [-0.05, 0) is 52.1 Å². The van der Waals surface area contributed by atoms with Gasteiger partial charge in [0.2, 0.25) is 0 Å². The summed E-state index contributed by atoms with van der Waals surface area (Å²) in [5.41, 5.74) is 3.70. The fourth-order valence-corrected chi connectivity index (χ4v) is 7.63. The van der Waals surface area contributed by atoms with Crippen LogP contribution in [0.1, 0.15) is 36.1 Å². The van der Waals surface area contributed by atoms with Crippen LogP contribution >= 0.6 is 34.7 Å². The molecule has 1 atom stereocenters. The van der Waals surface area contributed by atoms with Crippen molar-refractivity contribution in [3.05, 3.63) is 144 Å². The summed E-state index contributed by atoms with van der Waals surface area (Å²) in [5, 5.41) is 2.92. The van der Waals surface area contributed by atoms with Gasteiger partial charge in [0.15, 0.2) is 4.80 Å². The topological polar surface area (TPSA) is 60.7 Å². The van der Waals surface area contributed by atoms with Gasteiger partial charge in [-0.1, -0.05) is 109 Å². The summed E-state index contributed by atoms with van der Waals surface area (Å²) in [6, 6.07) is 29.2. The SMILES string of the molecule is CCC1=C(C(=O)OC)[C@H](c2ccccc2)n2c(s/c(=C\c3ccc(SCc4ccccc4Cl)c4ccccc34)c2=O)=N1. The van der Waals surface area contributed by atoms with E-state index in [2.05, 4.69) is 24.3 Å². The molecule has 0 N–H and O–H groups in total. The van der Waals surface area contributed by atoms with Gasteiger partial charge >= 0.3 is 5.97 Å². The van der Waals surface area contributed by atoms with Crippen LogP contribution in [0.5, 0.6) is 0 Å². The molecule has 1 aliphatic heterocycles. The van der Waals surface area contributed by atoms with Gasteiger partial charge in [0.1, 0.15) is 0 Å². The number of hydrogen-bond acceptors (Lipinski definition) is 6. The predicted molar refractivity (Wildman–Crippen MR) is 172 cm³/mol. The quantitative estimate of drug-likeness (QED) is 0.149. The Hall–Kier alpha value is -3.91. The third-order valence-electron chi connectivity index (χ3n) is 7.31. The van der Waals surface area contributed by atoms with Crippen LogP contribution in [0.15, 0.2) is 117 Å². The molecule has 1 aliphatic rings. The summed E-state index contributed by atoms with van der Waals surface area (Å²) in [7, 11) is 1.36. The number of aromatic nitrogens is 1. The number of carbonyl (C=O) groups is 1. The molecule has 0 spiro atoms. The zero-order chi connectivity index (χ0) is 29.2. The molecule has 0 saturated heterocycles. The Kier molecular flexibility index (Phi) is 8.16. The molecule has 2 heterocycles. The van der Waals surface area contributed by atoms with Crippen LogP contribution in [0.25, 0.3) is 16.8 Å². The maximum Gasteiger partial charge on any atom is 0.338 e. The highest BCUT2D eigenvalue weighted by Crippen LogP contribution is 2.34. The average Bonchev–Trinajstić information content (AvgIpc) is 3.34. The number of nitrogens with zero attached hydrogens (tertiary/aromatic N) is 2. The number of esters is 1. The molecule has 6 rings (SSSR count). The van der Waals surface area contributed by atoms with E-state index >= 15 is 0 Å². The van der Waals surface area contributed by atoms with Gasteiger partial charge < -0.3 is 4.74 Å². The number of rotatable bonds is 7. The first-order valence-corrected chi connectivity index (χ1v) is 15.7. The van der Waals surface area contributed by atoms with E-state index in [0.29, 0.717) is 27.0 Å². The number of thiazole rings is 1. The van der Waals surface area contributed by atoms with Gasteiger partial charge in [-0.25, -0.2) is 9.79 Å². The largest absolute Gasteiger partial charge is 0.466 e. The Bertz CT molecular complexity index is 2030. The Morgan fingerprint density at radius 1 is 1.00 bits per heavy atom. The fourth-order valence-electron chi connectivity index (χ4n) is 5.27. The third-order valence-corrected chi connectivity index (χ3v) is 9.78. The normalized spacial score (nSPS) is 15.0. The van der Waals surface area contributed by atoms with Crippen molar-refractivity contribution in [1.29, 1.82) is 0 Å². The van der Waals surface area contributed by atoms with Crippen molar-refractivity contribution in [3.8, 4) is 0 Å². The number of allylic oxidation sites excluding steroid dienone is 1. The van der Waals surface area contributed by atoms with Crippen molar-refractivity contribution >= 4 is 57.5 Å². The second-order valence-electron chi connectivity index (χ2n) is 9.78. The van der Waals surface area contributed by atoms with Crippen LogP contribution in [0, 0.1) is 0 Å². The molecule has 4 aromatic carbocycles. The van der Waals surface area contributed by atoms with Crippen LogP contribution in [0.3, 0.4) is 0 Å². The summed E-state index contributed by atoms with van der Waals surface area (Å²) >= 11 is 9.48. The fraction of sp³-hybridized carbons (Fsp3) is 0.147. The summed E-state index contributed by atoms with van der Waals surface area (Å²) in [6.07, 6.45) is 2.47. The predicted octanol–water partition coefficient (Wildman–Crippen LogP) is 6.90. The summed E-state index contributed by atoms with van der Waals surface area (Å²) in [6.45, 7) is 1.95. The molecule has 5 aromatic rings. The summed E-state index contributed by atoms with van der Waals surface area (Å²) < 4.78 is 7.34. The molecule has 0 fully saturated rings. The zero-order valence-corrected chi connectivity index (χ0v) is 25.4.